The molecule has 3 fully saturated rings. The van der Waals surface area contributed by atoms with E-state index in [2.05, 4.69) is 132 Å². The largest absolute Gasteiger partial charge is 0.508 e. The molecule has 3 saturated carbocycles. The van der Waals surface area contributed by atoms with Crippen LogP contribution in [0.4, 0.5) is 48.3 Å². The molecule has 16 aromatic rings. The van der Waals surface area contributed by atoms with E-state index in [1.54, 1.807) is 72.8 Å². The molecule has 3 aliphatic carbocycles. The van der Waals surface area contributed by atoms with E-state index in [0.29, 0.717) is 53.1 Å². The summed E-state index contributed by atoms with van der Waals surface area (Å²) in [5, 5.41) is 27.3. The summed E-state index contributed by atoms with van der Waals surface area (Å²) in [5.41, 5.74) is 21.1. The fourth-order valence-corrected chi connectivity index (χ4v) is 17.5. The van der Waals surface area contributed by atoms with Gasteiger partial charge in [-0.1, -0.05) is 286 Å². The zero-order valence-corrected chi connectivity index (χ0v) is 96.9. The summed E-state index contributed by atoms with van der Waals surface area (Å²) < 4.78 is 162. The van der Waals surface area contributed by atoms with Crippen molar-refractivity contribution in [3.8, 4) is 129 Å². The molecule has 0 unspecified atom stereocenters. The second-order valence-corrected chi connectivity index (χ2v) is 36.8. The van der Waals surface area contributed by atoms with Crippen molar-refractivity contribution < 1.29 is 237 Å². The minimum atomic E-state index is -1.57. The summed E-state index contributed by atoms with van der Waals surface area (Å²) in [6, 6.07) is 104. The Hall–Kier alpha value is -8.73. The zero-order chi connectivity index (χ0) is 99.5. The van der Waals surface area contributed by atoms with Crippen molar-refractivity contribution in [2.24, 2.45) is 35.5 Å². The van der Waals surface area contributed by atoms with E-state index in [9.17, 15) is 48.3 Å². The van der Waals surface area contributed by atoms with Crippen molar-refractivity contribution in [2.45, 2.75) is 132 Å². The molecule has 0 bridgehead atoms. The van der Waals surface area contributed by atoms with Crippen LogP contribution in [0.5, 0.6) is 28.7 Å². The van der Waals surface area contributed by atoms with Gasteiger partial charge in [-0.15, -0.1) is 11.1 Å². The van der Waals surface area contributed by atoms with Gasteiger partial charge >= 0.3 is 0 Å². The molecular weight excluding hydrogens is 2220 g/mol. The van der Waals surface area contributed by atoms with Gasteiger partial charge in [-0.05, 0) is 267 Å². The Labute approximate surface area is 972 Å². The van der Waals surface area contributed by atoms with E-state index in [0.717, 1.165) is 118 Å². The molecule has 16 aromatic carbocycles. The number of phenolic OH excluding ortho intramolecular Hbond substituents is 3. The van der Waals surface area contributed by atoms with Crippen LogP contribution in [0.25, 0.3) is 100 Å². The summed E-state index contributed by atoms with van der Waals surface area (Å²) >= 11 is 0. The molecule has 5 radical (unpaired) electrons. The fourth-order valence-electron chi connectivity index (χ4n) is 17.5. The first-order valence-electron chi connectivity index (χ1n) is 47.5. The number of hydrogen-bond acceptors (Lipinski definition) is 5. The molecule has 0 heterocycles. The van der Waals surface area contributed by atoms with Gasteiger partial charge in [0, 0.05) is 180 Å². The maximum absolute atomic E-state index is 14.6. The van der Waals surface area contributed by atoms with Crippen molar-refractivity contribution in [1.29, 1.82) is 0 Å². The number of aryl methyl sites for hydroxylation is 6. The van der Waals surface area contributed by atoms with Crippen LogP contribution in [-0.4, -0.2) is 28.5 Å². The first-order valence-corrected chi connectivity index (χ1v) is 47.5. The Bertz CT molecular complexity index is 6620. The molecule has 735 valence electrons. The van der Waals surface area contributed by atoms with Crippen molar-refractivity contribution in [3.63, 3.8) is 0 Å². The SMILES string of the molecule is CC1CCC(C2CCC(COc3ccc(O)c(F)c3F)CC2)CC1.CC1CCC(COc2ccc(O)c(F)c2F)CC1.Cc1ccc(-c2cc[c-]cc2)cc1.Cc1ccc(-c2ccc(-c3cc[c-]cc3)c(F)c2F)cc1.Cc1ccc(-c2ccc(-c3ccc(-c4cc(F)c(F)c(F)c4)c(F)c3)cc2)cc1.Cc1ccc(-c2ccc(-c3ccc(C)cc3F)cc2)cc1.Cc1ccc(-c2ccc(O)cc2)cc1.[Y].[Y].[Y].[Y].[Y]. The van der Waals surface area contributed by atoms with Crippen LogP contribution < -0.4 is 9.47 Å². The van der Waals surface area contributed by atoms with Crippen molar-refractivity contribution in [3.05, 3.63) is 437 Å². The van der Waals surface area contributed by atoms with Gasteiger partial charge in [0.1, 0.15) is 17.4 Å². The number of hydrogen-bond donors (Lipinski definition) is 3. The minimum Gasteiger partial charge on any atom is -0.508 e. The maximum atomic E-state index is 14.6. The van der Waals surface area contributed by atoms with Crippen LogP contribution in [0.2, 0.25) is 0 Å². The molecule has 0 atom stereocenters. The molecule has 0 aliphatic heterocycles. The van der Waals surface area contributed by atoms with Gasteiger partial charge < -0.3 is 24.8 Å². The monoisotopic (exact) mass is 2340 g/mol. The van der Waals surface area contributed by atoms with Crippen LogP contribution in [0, 0.1) is 153 Å². The summed E-state index contributed by atoms with van der Waals surface area (Å²) in [7, 11) is 0. The first kappa shape index (κ1) is 121. The van der Waals surface area contributed by atoms with E-state index in [4.69, 9.17) is 24.8 Å². The Kier molecular flexibility index (Phi) is 50.4. The second-order valence-electron chi connectivity index (χ2n) is 36.8. The van der Waals surface area contributed by atoms with E-state index in [1.165, 1.54) is 120 Å². The molecule has 145 heavy (non-hydrogen) atoms. The van der Waals surface area contributed by atoms with Crippen molar-refractivity contribution in [2.75, 3.05) is 13.2 Å². The van der Waals surface area contributed by atoms with Crippen molar-refractivity contribution in [1.82, 2.24) is 0 Å². The van der Waals surface area contributed by atoms with Gasteiger partial charge in [0.2, 0.25) is 23.3 Å². The molecule has 19 rings (SSSR count). The van der Waals surface area contributed by atoms with Gasteiger partial charge in [-0.25, -0.2) is 30.7 Å². The fraction of sp³-hybridized carbons (Fsp3) is 0.226. The van der Waals surface area contributed by atoms with Gasteiger partial charge in [0.05, 0.1) is 13.2 Å². The third kappa shape index (κ3) is 35.5. The van der Waals surface area contributed by atoms with Crippen LogP contribution in [0.1, 0.15) is 124 Å². The van der Waals surface area contributed by atoms with Gasteiger partial charge in [0.25, 0.3) is 0 Å². The topological polar surface area (TPSA) is 79.2 Å². The maximum Gasteiger partial charge on any atom is 0.204 e. The number of benzene rings is 16. The van der Waals surface area contributed by atoms with Crippen LogP contribution >= 0.6 is 0 Å². The number of aromatic hydroxyl groups is 3. The number of phenols is 3. The summed E-state index contributed by atoms with van der Waals surface area (Å²) in [6.07, 6.45) is 14.7. The minimum absolute atomic E-state index is 0. The molecule has 0 spiro atoms. The van der Waals surface area contributed by atoms with E-state index < -0.39 is 69.7 Å². The molecule has 3 N–H and O–H groups in total. The smallest absolute Gasteiger partial charge is 0.204 e. The Morgan fingerprint density at radius 2 is 0.476 bits per heavy atom. The number of rotatable bonds is 16. The predicted octanol–water partition coefficient (Wildman–Crippen LogP) is 35.1. The quantitative estimate of drug-likeness (QED) is 0.0510. The summed E-state index contributed by atoms with van der Waals surface area (Å²) in [5.74, 6) is -8.47. The van der Waals surface area contributed by atoms with E-state index in [-0.39, 0.29) is 203 Å². The Balaban J connectivity index is 0.000000208. The average Bonchev–Trinajstić information content (AvgIpc) is 0.797. The molecule has 21 heteroatoms. The predicted molar refractivity (Wildman–Crippen MR) is 543 cm³/mol. The molecule has 0 amide bonds. The van der Waals surface area contributed by atoms with E-state index >= 15 is 0 Å². The number of ether oxygens (including phenoxy) is 2. The Morgan fingerprint density at radius 3 is 0.841 bits per heavy atom. The zero-order valence-electron chi connectivity index (χ0n) is 82.7. The molecule has 3 aliphatic rings. The standard InChI is InChI=1S/C25H16F4.C20H28F2O2.C20H17F.C19H13F2.C14H18F2O2.C13H12O.C13H11.5Y/c1-15-2-4-16(5-3-15)17-6-8-18(9-7-17)19-10-11-21(22(26)12-19)20-13-23(27)25(29)24(28)14-20;1-13-2-6-15(7-3-13)16-8-4-14(5-9-16)12-24-18-11-10-17(23)19(21)20(18)22;1-14-3-6-16(7-4-14)17-8-10-18(11-9-17)19-12-5-15(2)13-20(19)21;1-13-7-9-15(10-8-13)17-12-11-16(18(20)19(17)21)14-5-3-2-4-6-14;1-9-2-4-10(5-3-9)8-18-12-7-6-11(17)13(15)14(12)16;1-10-2-4-11(5-3-10)12-6-8-13(14)9-7-12;1-11-7-9-13(10-8-11)12-5-3-2-4-6-12;;;;;/h2-14H,1H3;10-11,13-16,23H,2-9,12H2,1H3;3-13H,1-2H3;3-12H,1H3;6-7,9-10,17H,2-5,8H2,1H3;2-9,14H,1H3;3-10H,1H3;;;;;/q;;;-1;;;-1;;;;;. The van der Waals surface area contributed by atoms with Gasteiger partial charge in [-0.2, -0.15) is 78.2 Å². The molecule has 5 nitrogen and oxygen atoms in total. The molecule has 0 aromatic heterocycles. The third-order valence-electron chi connectivity index (χ3n) is 26.2. The van der Waals surface area contributed by atoms with Crippen molar-refractivity contribution >= 4 is 0 Å². The van der Waals surface area contributed by atoms with Gasteiger partial charge in [-0.3, -0.25) is 0 Å². The van der Waals surface area contributed by atoms with Gasteiger partial charge in [0.15, 0.2) is 52.1 Å². The first-order chi connectivity index (χ1) is 67.4. The summed E-state index contributed by atoms with van der Waals surface area (Å²) in [6.45, 7) is 17.5. The molecule has 0 saturated heterocycles. The normalized spacial score (nSPS) is 15.2. The average molecular weight is 2340 g/mol. The van der Waals surface area contributed by atoms with Crippen LogP contribution in [0.15, 0.2) is 328 Å². The third-order valence-corrected chi connectivity index (χ3v) is 26.2. The van der Waals surface area contributed by atoms with Crippen LogP contribution in [0.3, 0.4) is 0 Å². The van der Waals surface area contributed by atoms with E-state index in [1.807, 2.05) is 142 Å². The number of halogens is 11. The van der Waals surface area contributed by atoms with Crippen LogP contribution in [-0.2, 0) is 164 Å². The summed E-state index contributed by atoms with van der Waals surface area (Å²) in [4.78, 5) is 0. The Morgan fingerprint density at radius 1 is 0.228 bits per heavy atom. The molecular formula is C124H115F11O5Y5-2. The second kappa shape index (κ2) is 60.2.